The number of amides is 1. The van der Waals surface area contributed by atoms with Gasteiger partial charge in [-0.1, -0.05) is 0 Å². The lowest BCUT2D eigenvalue weighted by Gasteiger charge is -2.41. The first-order chi connectivity index (χ1) is 9.17. The molecule has 3 fully saturated rings. The van der Waals surface area contributed by atoms with Crippen molar-refractivity contribution in [3.8, 4) is 0 Å². The Morgan fingerprint density at radius 3 is 2.89 bits per heavy atom. The summed E-state index contributed by atoms with van der Waals surface area (Å²) in [7, 11) is 0. The number of carbonyl (C=O) groups excluding carboxylic acids is 1. The molecule has 3 aliphatic rings. The van der Waals surface area contributed by atoms with Gasteiger partial charge in [-0.15, -0.1) is 0 Å². The Labute approximate surface area is 116 Å². The van der Waals surface area contributed by atoms with Gasteiger partial charge in [-0.05, 0) is 38.1 Å². The van der Waals surface area contributed by atoms with Gasteiger partial charge >= 0.3 is 0 Å². The smallest absolute Gasteiger partial charge is 0.219 e. The summed E-state index contributed by atoms with van der Waals surface area (Å²) in [6.45, 7) is 9.17. The summed E-state index contributed by atoms with van der Waals surface area (Å²) >= 11 is 0. The summed E-state index contributed by atoms with van der Waals surface area (Å²) in [4.78, 5) is 16.2. The third-order valence-corrected chi connectivity index (χ3v) is 5.16. The van der Waals surface area contributed by atoms with E-state index in [4.69, 9.17) is 4.74 Å². The Kier molecular flexibility index (Phi) is 3.81. The van der Waals surface area contributed by atoms with E-state index in [1.165, 1.54) is 45.3 Å². The van der Waals surface area contributed by atoms with E-state index in [1.807, 2.05) is 4.90 Å². The van der Waals surface area contributed by atoms with Crippen molar-refractivity contribution in [1.29, 1.82) is 0 Å². The van der Waals surface area contributed by atoms with Crippen LogP contribution in [0.2, 0.25) is 0 Å². The van der Waals surface area contributed by atoms with Crippen LogP contribution in [0.1, 0.15) is 32.6 Å². The Morgan fingerprint density at radius 2 is 2.21 bits per heavy atom. The monoisotopic (exact) mass is 266 g/mol. The van der Waals surface area contributed by atoms with Crippen molar-refractivity contribution in [3.05, 3.63) is 0 Å². The first kappa shape index (κ1) is 13.4. The fourth-order valence-corrected chi connectivity index (χ4v) is 4.10. The number of likely N-dealkylation sites (tertiary alicyclic amines) is 2. The standard InChI is InChI=1S/C15H26N2O2/c1-13(18)17-7-5-15(12-17)4-2-6-16(11-15)9-14-3-8-19-10-14/h14H,2-12H2,1H3/t14-,15+/m1/s1. The van der Waals surface area contributed by atoms with Gasteiger partial charge < -0.3 is 14.5 Å². The van der Waals surface area contributed by atoms with Crippen LogP contribution in [0.4, 0.5) is 0 Å². The molecule has 4 nitrogen and oxygen atoms in total. The third kappa shape index (κ3) is 2.95. The minimum atomic E-state index is 0.248. The molecule has 3 heterocycles. The van der Waals surface area contributed by atoms with E-state index in [0.29, 0.717) is 5.41 Å². The summed E-state index contributed by atoms with van der Waals surface area (Å²) < 4.78 is 5.48. The van der Waals surface area contributed by atoms with E-state index in [1.54, 1.807) is 6.92 Å². The molecule has 0 bridgehead atoms. The van der Waals surface area contributed by atoms with Gasteiger partial charge in [0.05, 0.1) is 6.61 Å². The topological polar surface area (TPSA) is 32.8 Å². The zero-order valence-corrected chi connectivity index (χ0v) is 12.1. The Bertz CT molecular complexity index is 341. The number of piperidine rings is 1. The van der Waals surface area contributed by atoms with Gasteiger partial charge in [0.15, 0.2) is 0 Å². The van der Waals surface area contributed by atoms with E-state index in [0.717, 1.165) is 32.2 Å². The summed E-state index contributed by atoms with van der Waals surface area (Å²) in [6.07, 6.45) is 5.01. The SMILES string of the molecule is CC(=O)N1CC[C@]2(CCCN(C[C@H]3CCOC3)C2)C1. The van der Waals surface area contributed by atoms with Gasteiger partial charge in [0.1, 0.15) is 0 Å². The maximum atomic E-state index is 11.5. The lowest BCUT2D eigenvalue weighted by atomic mass is 9.79. The molecule has 0 saturated carbocycles. The second-order valence-electron chi connectivity index (χ2n) is 6.76. The molecule has 0 aromatic heterocycles. The highest BCUT2D eigenvalue weighted by Gasteiger charge is 2.42. The van der Waals surface area contributed by atoms with Gasteiger partial charge in [-0.2, -0.15) is 0 Å². The molecule has 0 aliphatic carbocycles. The molecule has 0 radical (unpaired) electrons. The molecule has 0 unspecified atom stereocenters. The van der Waals surface area contributed by atoms with E-state index < -0.39 is 0 Å². The van der Waals surface area contributed by atoms with Gasteiger partial charge in [0.2, 0.25) is 5.91 Å². The van der Waals surface area contributed by atoms with Gasteiger partial charge in [0, 0.05) is 45.1 Å². The van der Waals surface area contributed by atoms with E-state index in [9.17, 15) is 4.79 Å². The average molecular weight is 266 g/mol. The Morgan fingerprint density at radius 1 is 1.32 bits per heavy atom. The zero-order valence-electron chi connectivity index (χ0n) is 12.1. The predicted molar refractivity (Wildman–Crippen MR) is 73.9 cm³/mol. The highest BCUT2D eigenvalue weighted by Crippen LogP contribution is 2.39. The van der Waals surface area contributed by atoms with Crippen molar-refractivity contribution in [2.24, 2.45) is 11.3 Å². The molecule has 2 atom stereocenters. The van der Waals surface area contributed by atoms with Crippen LogP contribution in [0.3, 0.4) is 0 Å². The predicted octanol–water partition coefficient (Wildman–Crippen LogP) is 1.36. The van der Waals surface area contributed by atoms with E-state index >= 15 is 0 Å². The second-order valence-corrected chi connectivity index (χ2v) is 6.76. The fourth-order valence-electron chi connectivity index (χ4n) is 4.10. The first-order valence-electron chi connectivity index (χ1n) is 7.73. The third-order valence-electron chi connectivity index (χ3n) is 5.16. The summed E-state index contributed by atoms with van der Waals surface area (Å²) in [5.74, 6) is 0.985. The molecule has 1 amide bonds. The molecule has 0 aromatic rings. The van der Waals surface area contributed by atoms with Crippen LogP contribution >= 0.6 is 0 Å². The van der Waals surface area contributed by atoms with Crippen molar-refractivity contribution in [2.45, 2.75) is 32.6 Å². The molecule has 3 rings (SSSR count). The molecule has 1 spiro atoms. The molecule has 3 aliphatic heterocycles. The minimum absolute atomic E-state index is 0.248. The number of rotatable bonds is 2. The van der Waals surface area contributed by atoms with Crippen molar-refractivity contribution in [1.82, 2.24) is 9.80 Å². The molecular weight excluding hydrogens is 240 g/mol. The van der Waals surface area contributed by atoms with Crippen LogP contribution in [-0.4, -0.2) is 61.6 Å². The number of ether oxygens (including phenoxy) is 1. The van der Waals surface area contributed by atoms with E-state index in [-0.39, 0.29) is 5.91 Å². The molecule has 0 aromatic carbocycles. The molecule has 108 valence electrons. The summed E-state index contributed by atoms with van der Waals surface area (Å²) in [5, 5.41) is 0. The van der Waals surface area contributed by atoms with Crippen LogP contribution in [0.25, 0.3) is 0 Å². The van der Waals surface area contributed by atoms with Crippen molar-refractivity contribution in [2.75, 3.05) is 45.9 Å². The Balaban J connectivity index is 1.57. The maximum absolute atomic E-state index is 11.5. The number of hydrogen-bond donors (Lipinski definition) is 0. The molecular formula is C15H26N2O2. The van der Waals surface area contributed by atoms with Crippen molar-refractivity contribution < 1.29 is 9.53 Å². The first-order valence-corrected chi connectivity index (χ1v) is 7.73. The van der Waals surface area contributed by atoms with Crippen molar-refractivity contribution in [3.63, 3.8) is 0 Å². The maximum Gasteiger partial charge on any atom is 0.219 e. The molecule has 19 heavy (non-hydrogen) atoms. The Hall–Kier alpha value is -0.610. The van der Waals surface area contributed by atoms with Crippen LogP contribution in [-0.2, 0) is 9.53 Å². The highest BCUT2D eigenvalue weighted by atomic mass is 16.5. The normalized spacial score (nSPS) is 36.3. The largest absolute Gasteiger partial charge is 0.381 e. The van der Waals surface area contributed by atoms with Gasteiger partial charge in [0.25, 0.3) is 0 Å². The summed E-state index contributed by atoms with van der Waals surface area (Å²) in [6, 6.07) is 0. The zero-order chi connectivity index (χ0) is 13.3. The van der Waals surface area contributed by atoms with Crippen molar-refractivity contribution >= 4 is 5.91 Å². The van der Waals surface area contributed by atoms with Crippen LogP contribution in [0.15, 0.2) is 0 Å². The molecule has 3 saturated heterocycles. The molecule has 0 N–H and O–H groups in total. The fraction of sp³-hybridized carbons (Fsp3) is 0.933. The highest BCUT2D eigenvalue weighted by molar-refractivity contribution is 5.73. The number of hydrogen-bond acceptors (Lipinski definition) is 3. The van der Waals surface area contributed by atoms with Crippen LogP contribution in [0.5, 0.6) is 0 Å². The molecule has 4 heteroatoms. The van der Waals surface area contributed by atoms with E-state index in [2.05, 4.69) is 4.90 Å². The van der Waals surface area contributed by atoms with Gasteiger partial charge in [-0.25, -0.2) is 0 Å². The minimum Gasteiger partial charge on any atom is -0.381 e. The lowest BCUT2D eigenvalue weighted by molar-refractivity contribution is -0.128. The number of carbonyl (C=O) groups is 1. The summed E-state index contributed by atoms with van der Waals surface area (Å²) in [5.41, 5.74) is 0.392. The van der Waals surface area contributed by atoms with Crippen LogP contribution < -0.4 is 0 Å². The quantitative estimate of drug-likeness (QED) is 0.756. The number of nitrogens with zero attached hydrogens (tertiary/aromatic N) is 2. The lowest BCUT2D eigenvalue weighted by Crippen LogP contribution is -2.46. The van der Waals surface area contributed by atoms with Gasteiger partial charge in [-0.3, -0.25) is 4.79 Å². The second kappa shape index (κ2) is 5.41. The average Bonchev–Trinajstić information content (AvgIpc) is 3.00. The van der Waals surface area contributed by atoms with Crippen LogP contribution in [0, 0.1) is 11.3 Å².